The van der Waals surface area contributed by atoms with Crippen LogP contribution in [0.5, 0.6) is 0 Å². The Balaban J connectivity index is 1.98. The van der Waals surface area contributed by atoms with Crippen molar-refractivity contribution in [2.24, 2.45) is 0 Å². The van der Waals surface area contributed by atoms with E-state index in [1.165, 1.54) is 7.11 Å². The van der Waals surface area contributed by atoms with Gasteiger partial charge in [0.15, 0.2) is 11.5 Å². The maximum Gasteiger partial charge on any atom is 0.337 e. The van der Waals surface area contributed by atoms with Gasteiger partial charge in [-0.3, -0.25) is 4.57 Å². The van der Waals surface area contributed by atoms with E-state index >= 15 is 0 Å². The van der Waals surface area contributed by atoms with E-state index in [-0.39, 0.29) is 0 Å². The van der Waals surface area contributed by atoms with Crippen molar-refractivity contribution in [3.8, 4) is 17.1 Å². The van der Waals surface area contributed by atoms with E-state index in [9.17, 15) is 4.79 Å². The molecule has 0 fully saturated rings. The molecule has 0 spiro atoms. The number of pyridine rings is 2. The number of ether oxygens (including phenoxy) is 1. The molecule has 27 heavy (non-hydrogen) atoms. The Morgan fingerprint density at radius 1 is 1.11 bits per heavy atom. The predicted molar refractivity (Wildman–Crippen MR) is 106 cm³/mol. The van der Waals surface area contributed by atoms with Crippen LogP contribution in [-0.2, 0) is 4.74 Å². The van der Waals surface area contributed by atoms with Crippen LogP contribution in [0.2, 0.25) is 0 Å². The van der Waals surface area contributed by atoms with E-state index in [2.05, 4.69) is 25.9 Å². The summed E-state index contributed by atoms with van der Waals surface area (Å²) >= 11 is 3.41. The number of fused-ring (bicyclic) bond motifs is 1. The van der Waals surface area contributed by atoms with Crippen LogP contribution < -0.4 is 5.73 Å². The molecule has 7 nitrogen and oxygen atoms in total. The van der Waals surface area contributed by atoms with E-state index in [1.807, 2.05) is 34.9 Å². The topological polar surface area (TPSA) is 95.9 Å². The molecule has 4 rings (SSSR count). The average Bonchev–Trinajstić information content (AvgIpc) is 3.06. The number of esters is 1. The third-order valence-corrected chi connectivity index (χ3v) is 4.54. The summed E-state index contributed by atoms with van der Waals surface area (Å²) in [5.41, 5.74) is 9.40. The van der Waals surface area contributed by atoms with Crippen LogP contribution in [0.25, 0.3) is 28.2 Å². The lowest BCUT2D eigenvalue weighted by atomic mass is 10.2. The number of hydrogen-bond acceptors (Lipinski definition) is 6. The zero-order valence-corrected chi connectivity index (χ0v) is 15.8. The fourth-order valence-electron chi connectivity index (χ4n) is 2.83. The van der Waals surface area contributed by atoms with Crippen molar-refractivity contribution in [3.63, 3.8) is 0 Å². The van der Waals surface area contributed by atoms with Crippen LogP contribution in [0.15, 0.2) is 59.3 Å². The van der Waals surface area contributed by atoms with Gasteiger partial charge in [-0.05, 0) is 64.5 Å². The molecule has 0 aliphatic rings. The third kappa shape index (κ3) is 3.04. The van der Waals surface area contributed by atoms with E-state index < -0.39 is 5.97 Å². The van der Waals surface area contributed by atoms with Crippen molar-refractivity contribution in [2.45, 2.75) is 0 Å². The molecule has 3 aromatic heterocycles. The Morgan fingerprint density at radius 2 is 1.89 bits per heavy atom. The first-order valence-corrected chi connectivity index (χ1v) is 8.82. The number of methoxy groups -OCH3 is 1. The second-order valence-corrected chi connectivity index (χ2v) is 6.53. The molecule has 0 saturated carbocycles. The standard InChI is InChI=1S/C19H14BrN5O2/c1-27-19(26)11-4-6-12(7-5-11)25-17(13-3-2-10-22-16(13)21)23-14-8-9-15(20)24-18(14)25/h2-10H,1H3,(H2,21,22). The molecule has 0 amide bonds. The molecule has 0 saturated heterocycles. The first kappa shape index (κ1) is 17.2. The minimum absolute atomic E-state index is 0.374. The molecular formula is C19H14BrN5O2. The zero-order chi connectivity index (χ0) is 19.0. The normalized spacial score (nSPS) is 10.9. The van der Waals surface area contributed by atoms with Crippen molar-refractivity contribution < 1.29 is 9.53 Å². The van der Waals surface area contributed by atoms with Gasteiger partial charge in [0.2, 0.25) is 0 Å². The second-order valence-electron chi connectivity index (χ2n) is 5.72. The Labute approximate surface area is 163 Å². The molecule has 3 heterocycles. The summed E-state index contributed by atoms with van der Waals surface area (Å²) in [6, 6.07) is 14.4. The third-order valence-electron chi connectivity index (χ3n) is 4.10. The molecule has 4 aromatic rings. The Hall–Kier alpha value is -3.26. The maximum absolute atomic E-state index is 11.7. The largest absolute Gasteiger partial charge is 0.465 e. The monoisotopic (exact) mass is 423 g/mol. The average molecular weight is 424 g/mol. The van der Waals surface area contributed by atoms with Gasteiger partial charge < -0.3 is 10.5 Å². The summed E-state index contributed by atoms with van der Waals surface area (Å²) in [4.78, 5) is 25.1. The lowest BCUT2D eigenvalue weighted by Gasteiger charge is -2.10. The quantitative estimate of drug-likeness (QED) is 0.399. The molecular weight excluding hydrogens is 410 g/mol. The number of benzene rings is 1. The highest BCUT2D eigenvalue weighted by Gasteiger charge is 2.18. The SMILES string of the molecule is COC(=O)c1ccc(-n2c(-c3cccnc3N)nc3ccc(Br)nc32)cc1. The van der Waals surface area contributed by atoms with Crippen LogP contribution in [0.4, 0.5) is 5.82 Å². The number of halogens is 1. The number of hydrogen-bond donors (Lipinski definition) is 1. The lowest BCUT2D eigenvalue weighted by molar-refractivity contribution is 0.0601. The number of anilines is 1. The van der Waals surface area contributed by atoms with Crippen LogP contribution in [0, 0.1) is 0 Å². The van der Waals surface area contributed by atoms with Gasteiger partial charge >= 0.3 is 5.97 Å². The number of nitrogens with two attached hydrogens (primary N) is 1. The van der Waals surface area contributed by atoms with Gasteiger partial charge in [-0.1, -0.05) is 0 Å². The van der Waals surface area contributed by atoms with Gasteiger partial charge in [-0.15, -0.1) is 0 Å². The Morgan fingerprint density at radius 3 is 2.59 bits per heavy atom. The predicted octanol–water partition coefficient (Wildman–Crippen LogP) is 3.61. The van der Waals surface area contributed by atoms with E-state index in [1.54, 1.807) is 24.4 Å². The first-order valence-electron chi connectivity index (χ1n) is 8.03. The molecule has 1 aromatic carbocycles. The van der Waals surface area contributed by atoms with Gasteiger partial charge in [0.1, 0.15) is 15.9 Å². The number of carbonyl (C=O) groups excluding carboxylic acids is 1. The van der Waals surface area contributed by atoms with Crippen LogP contribution in [0.3, 0.4) is 0 Å². The Bertz CT molecular complexity index is 1150. The molecule has 0 atom stereocenters. The van der Waals surface area contributed by atoms with Gasteiger partial charge in [0.25, 0.3) is 0 Å². The molecule has 134 valence electrons. The number of aromatic nitrogens is 4. The maximum atomic E-state index is 11.7. The molecule has 0 radical (unpaired) electrons. The number of nitrogens with zero attached hydrogens (tertiary/aromatic N) is 4. The van der Waals surface area contributed by atoms with Gasteiger partial charge in [-0.25, -0.2) is 19.7 Å². The highest BCUT2D eigenvalue weighted by atomic mass is 79.9. The smallest absolute Gasteiger partial charge is 0.337 e. The van der Waals surface area contributed by atoms with E-state index in [0.29, 0.717) is 38.5 Å². The zero-order valence-electron chi connectivity index (χ0n) is 14.3. The lowest BCUT2D eigenvalue weighted by Crippen LogP contribution is -2.04. The minimum Gasteiger partial charge on any atom is -0.465 e. The molecule has 8 heteroatoms. The fourth-order valence-corrected chi connectivity index (χ4v) is 3.13. The van der Waals surface area contributed by atoms with Gasteiger partial charge in [0, 0.05) is 11.9 Å². The summed E-state index contributed by atoms with van der Waals surface area (Å²) in [7, 11) is 1.35. The summed E-state index contributed by atoms with van der Waals surface area (Å²) in [5.74, 6) is 0.598. The highest BCUT2D eigenvalue weighted by Crippen LogP contribution is 2.30. The van der Waals surface area contributed by atoms with Crippen molar-refractivity contribution in [3.05, 3.63) is 64.9 Å². The number of nitrogen functional groups attached to an aromatic ring is 1. The number of imidazole rings is 1. The second kappa shape index (κ2) is 6.81. The first-order chi connectivity index (χ1) is 13.1. The van der Waals surface area contributed by atoms with Gasteiger partial charge in [-0.2, -0.15) is 0 Å². The Kier molecular flexibility index (Phi) is 4.33. The molecule has 0 aliphatic carbocycles. The van der Waals surface area contributed by atoms with E-state index in [4.69, 9.17) is 15.5 Å². The van der Waals surface area contributed by atoms with Crippen LogP contribution in [0.1, 0.15) is 10.4 Å². The summed E-state index contributed by atoms with van der Waals surface area (Å²) in [5, 5.41) is 0. The van der Waals surface area contributed by atoms with Crippen LogP contribution >= 0.6 is 15.9 Å². The summed E-state index contributed by atoms with van der Waals surface area (Å²) < 4.78 is 7.33. The van der Waals surface area contributed by atoms with Crippen molar-refractivity contribution >= 4 is 38.9 Å². The number of carbonyl (C=O) groups is 1. The summed E-state index contributed by atoms with van der Waals surface area (Å²) in [6.07, 6.45) is 1.63. The molecule has 0 aliphatic heterocycles. The minimum atomic E-state index is -0.394. The highest BCUT2D eigenvalue weighted by molar-refractivity contribution is 9.10. The molecule has 2 N–H and O–H groups in total. The van der Waals surface area contributed by atoms with Crippen LogP contribution in [-0.4, -0.2) is 32.6 Å². The summed E-state index contributed by atoms with van der Waals surface area (Å²) in [6.45, 7) is 0. The van der Waals surface area contributed by atoms with Crippen molar-refractivity contribution in [1.29, 1.82) is 0 Å². The van der Waals surface area contributed by atoms with Crippen molar-refractivity contribution in [1.82, 2.24) is 19.5 Å². The fraction of sp³-hybridized carbons (Fsp3) is 0.0526. The van der Waals surface area contributed by atoms with E-state index in [0.717, 1.165) is 5.69 Å². The van der Waals surface area contributed by atoms with Crippen molar-refractivity contribution in [2.75, 3.05) is 12.8 Å². The molecule has 0 bridgehead atoms. The number of rotatable bonds is 3. The van der Waals surface area contributed by atoms with Gasteiger partial charge in [0.05, 0.1) is 18.2 Å². The molecule has 0 unspecified atom stereocenters.